The number of hydrogen-bond donors (Lipinski definition) is 1. The van der Waals surface area contributed by atoms with Gasteiger partial charge >= 0.3 is 0 Å². The summed E-state index contributed by atoms with van der Waals surface area (Å²) < 4.78 is 18.5. The summed E-state index contributed by atoms with van der Waals surface area (Å²) in [7, 11) is 0. The average Bonchev–Trinajstić information content (AvgIpc) is 2.39. The zero-order valence-electron chi connectivity index (χ0n) is 10.8. The molecule has 2 aromatic carbocycles. The Morgan fingerprint density at radius 3 is 2.75 bits per heavy atom. The van der Waals surface area contributed by atoms with E-state index in [1.165, 1.54) is 24.3 Å². The van der Waals surface area contributed by atoms with Crippen molar-refractivity contribution in [3.63, 3.8) is 0 Å². The highest BCUT2D eigenvalue weighted by molar-refractivity contribution is 5.62. The molecule has 0 radical (unpaired) electrons. The Morgan fingerprint density at radius 1 is 1.35 bits per heavy atom. The molecule has 0 aliphatic carbocycles. The second kappa shape index (κ2) is 5.56. The van der Waals surface area contributed by atoms with E-state index in [0.717, 1.165) is 0 Å². The summed E-state index contributed by atoms with van der Waals surface area (Å²) in [5, 5.41) is 10.8. The summed E-state index contributed by atoms with van der Waals surface area (Å²) in [4.78, 5) is 10.2. The Bertz CT molecular complexity index is 659. The standard InChI is InChI=1S/C14H13FN2O3/c1-9-7-11(15)5-6-13(9)20-8-10-3-2-4-12(14(10)16)17(18)19/h2-7H,8,16H2,1H3. The number of anilines is 1. The van der Waals surface area contributed by atoms with Crippen molar-refractivity contribution in [2.75, 3.05) is 5.73 Å². The Morgan fingerprint density at radius 2 is 2.10 bits per heavy atom. The molecule has 0 aliphatic heterocycles. The number of benzene rings is 2. The van der Waals surface area contributed by atoms with E-state index < -0.39 is 4.92 Å². The van der Waals surface area contributed by atoms with Crippen molar-refractivity contribution in [3.8, 4) is 5.75 Å². The molecular formula is C14H13FN2O3. The lowest BCUT2D eigenvalue weighted by molar-refractivity contribution is -0.384. The number of nitrogen functional groups attached to an aromatic ring is 1. The minimum absolute atomic E-state index is 0.0808. The molecule has 0 saturated carbocycles. The van der Waals surface area contributed by atoms with Gasteiger partial charge in [-0.05, 0) is 30.7 Å². The molecule has 0 aliphatic rings. The van der Waals surface area contributed by atoms with Gasteiger partial charge < -0.3 is 10.5 Å². The Kier molecular flexibility index (Phi) is 3.84. The first kappa shape index (κ1) is 13.8. The smallest absolute Gasteiger partial charge is 0.292 e. The summed E-state index contributed by atoms with van der Waals surface area (Å²) in [6.45, 7) is 1.80. The minimum Gasteiger partial charge on any atom is -0.489 e. The number of ether oxygens (including phenoxy) is 1. The van der Waals surface area contributed by atoms with Gasteiger partial charge in [-0.1, -0.05) is 12.1 Å². The maximum absolute atomic E-state index is 13.0. The van der Waals surface area contributed by atoms with Gasteiger partial charge in [-0.3, -0.25) is 10.1 Å². The molecule has 0 unspecified atom stereocenters. The van der Waals surface area contributed by atoms with Crippen LogP contribution in [0.3, 0.4) is 0 Å². The first-order valence-corrected chi connectivity index (χ1v) is 5.89. The molecule has 0 atom stereocenters. The van der Waals surface area contributed by atoms with Crippen LogP contribution >= 0.6 is 0 Å². The Hall–Kier alpha value is -2.63. The molecule has 2 N–H and O–H groups in total. The van der Waals surface area contributed by atoms with Gasteiger partial charge in [0.1, 0.15) is 23.9 Å². The third-order valence-electron chi connectivity index (χ3n) is 2.89. The fraction of sp³-hybridized carbons (Fsp3) is 0.143. The molecule has 0 aromatic heterocycles. The van der Waals surface area contributed by atoms with Gasteiger partial charge in [0.15, 0.2) is 0 Å². The van der Waals surface area contributed by atoms with Crippen molar-refractivity contribution in [1.29, 1.82) is 0 Å². The second-order valence-corrected chi connectivity index (χ2v) is 4.31. The third-order valence-corrected chi connectivity index (χ3v) is 2.89. The van der Waals surface area contributed by atoms with Crippen LogP contribution in [0.15, 0.2) is 36.4 Å². The number of para-hydroxylation sites is 1. The molecule has 0 fully saturated rings. The van der Waals surface area contributed by atoms with E-state index in [4.69, 9.17) is 10.5 Å². The van der Waals surface area contributed by atoms with E-state index in [1.807, 2.05) is 0 Å². The van der Waals surface area contributed by atoms with Gasteiger partial charge in [0.2, 0.25) is 0 Å². The van der Waals surface area contributed by atoms with Gasteiger partial charge in [-0.15, -0.1) is 0 Å². The minimum atomic E-state index is -0.540. The largest absolute Gasteiger partial charge is 0.489 e. The zero-order valence-corrected chi connectivity index (χ0v) is 10.8. The number of aryl methyl sites for hydroxylation is 1. The van der Waals surface area contributed by atoms with Crippen molar-refractivity contribution >= 4 is 11.4 Å². The lowest BCUT2D eigenvalue weighted by atomic mass is 10.1. The molecule has 20 heavy (non-hydrogen) atoms. The van der Waals surface area contributed by atoms with Gasteiger partial charge in [0, 0.05) is 11.6 Å². The van der Waals surface area contributed by atoms with E-state index in [2.05, 4.69) is 0 Å². The van der Waals surface area contributed by atoms with Crippen molar-refractivity contribution < 1.29 is 14.1 Å². The summed E-state index contributed by atoms with van der Waals surface area (Å²) in [6, 6.07) is 8.69. The number of halogens is 1. The zero-order chi connectivity index (χ0) is 14.7. The maximum atomic E-state index is 13.0. The number of nitro groups is 1. The molecule has 0 amide bonds. The lowest BCUT2D eigenvalue weighted by Crippen LogP contribution is -2.04. The first-order chi connectivity index (χ1) is 9.49. The highest BCUT2D eigenvalue weighted by atomic mass is 19.1. The fourth-order valence-corrected chi connectivity index (χ4v) is 1.81. The second-order valence-electron chi connectivity index (χ2n) is 4.31. The molecule has 0 bridgehead atoms. The van der Waals surface area contributed by atoms with Crippen LogP contribution in [-0.2, 0) is 6.61 Å². The van der Waals surface area contributed by atoms with Crippen LogP contribution in [0.5, 0.6) is 5.75 Å². The van der Waals surface area contributed by atoms with Crippen LogP contribution in [-0.4, -0.2) is 4.92 Å². The predicted octanol–water partition coefficient (Wildman–Crippen LogP) is 3.20. The highest BCUT2D eigenvalue weighted by Gasteiger charge is 2.14. The number of nitro benzene ring substituents is 1. The molecular weight excluding hydrogens is 263 g/mol. The predicted molar refractivity (Wildman–Crippen MR) is 73.0 cm³/mol. The normalized spacial score (nSPS) is 10.3. The van der Waals surface area contributed by atoms with Crippen LogP contribution < -0.4 is 10.5 Å². The average molecular weight is 276 g/mol. The quantitative estimate of drug-likeness (QED) is 0.528. The van der Waals surface area contributed by atoms with Crippen LogP contribution in [0.1, 0.15) is 11.1 Å². The van der Waals surface area contributed by atoms with Crippen molar-refractivity contribution in [1.82, 2.24) is 0 Å². The van der Waals surface area contributed by atoms with Gasteiger partial charge in [-0.25, -0.2) is 4.39 Å². The van der Waals surface area contributed by atoms with Crippen LogP contribution in [0.25, 0.3) is 0 Å². The van der Waals surface area contributed by atoms with Crippen molar-refractivity contribution in [2.45, 2.75) is 13.5 Å². The lowest BCUT2D eigenvalue weighted by Gasteiger charge is -2.10. The summed E-state index contributed by atoms with van der Waals surface area (Å²) in [5.41, 5.74) is 6.82. The van der Waals surface area contributed by atoms with Crippen molar-refractivity contribution in [2.24, 2.45) is 0 Å². The topological polar surface area (TPSA) is 78.4 Å². The van der Waals surface area contributed by atoms with Gasteiger partial charge in [0.05, 0.1) is 4.92 Å². The Labute approximate surface area is 114 Å². The molecule has 0 heterocycles. The van der Waals surface area contributed by atoms with E-state index in [1.54, 1.807) is 19.1 Å². The fourth-order valence-electron chi connectivity index (χ4n) is 1.81. The molecule has 2 aromatic rings. The third kappa shape index (κ3) is 2.85. The van der Waals surface area contributed by atoms with E-state index >= 15 is 0 Å². The van der Waals surface area contributed by atoms with Crippen LogP contribution in [0.4, 0.5) is 15.8 Å². The van der Waals surface area contributed by atoms with E-state index in [0.29, 0.717) is 16.9 Å². The van der Waals surface area contributed by atoms with Gasteiger partial charge in [-0.2, -0.15) is 0 Å². The molecule has 0 saturated heterocycles. The maximum Gasteiger partial charge on any atom is 0.292 e. The Balaban J connectivity index is 2.19. The molecule has 6 heteroatoms. The monoisotopic (exact) mass is 276 g/mol. The summed E-state index contributed by atoms with van der Waals surface area (Å²) in [6.07, 6.45) is 0. The van der Waals surface area contributed by atoms with E-state index in [9.17, 15) is 14.5 Å². The van der Waals surface area contributed by atoms with Gasteiger partial charge in [0.25, 0.3) is 5.69 Å². The first-order valence-electron chi connectivity index (χ1n) is 5.89. The number of rotatable bonds is 4. The number of nitrogens with two attached hydrogens (primary N) is 1. The van der Waals surface area contributed by atoms with E-state index in [-0.39, 0.29) is 23.8 Å². The molecule has 2 rings (SSSR count). The number of hydrogen-bond acceptors (Lipinski definition) is 4. The van der Waals surface area contributed by atoms with Crippen LogP contribution in [0, 0.1) is 22.9 Å². The van der Waals surface area contributed by atoms with Crippen molar-refractivity contribution in [3.05, 3.63) is 63.5 Å². The molecule has 0 spiro atoms. The molecule has 104 valence electrons. The molecule has 5 nitrogen and oxygen atoms in total. The SMILES string of the molecule is Cc1cc(F)ccc1OCc1cccc([N+](=O)[O-])c1N. The highest BCUT2D eigenvalue weighted by Crippen LogP contribution is 2.26. The number of nitrogens with zero attached hydrogens (tertiary/aromatic N) is 1. The summed E-state index contributed by atoms with van der Waals surface area (Å²) >= 11 is 0. The van der Waals surface area contributed by atoms with Crippen LogP contribution in [0.2, 0.25) is 0 Å². The summed E-state index contributed by atoms with van der Waals surface area (Å²) in [5.74, 6) is 0.169.